The lowest BCUT2D eigenvalue weighted by Gasteiger charge is -2.19. The van der Waals surface area contributed by atoms with Crippen LogP contribution >= 0.6 is 0 Å². The van der Waals surface area contributed by atoms with E-state index in [0.29, 0.717) is 31.9 Å². The summed E-state index contributed by atoms with van der Waals surface area (Å²) in [4.78, 5) is 12.0. The SMILES string of the molecule is Cc1ccccc1CNCCC(=O)Nc1ccc2c(c1)OCCO2. The minimum Gasteiger partial charge on any atom is -0.486 e. The van der Waals surface area contributed by atoms with Crippen LogP contribution in [-0.2, 0) is 11.3 Å². The summed E-state index contributed by atoms with van der Waals surface area (Å²) in [5, 5.41) is 6.19. The van der Waals surface area contributed by atoms with Crippen molar-refractivity contribution in [2.45, 2.75) is 19.9 Å². The molecule has 0 aromatic heterocycles. The Hall–Kier alpha value is -2.53. The van der Waals surface area contributed by atoms with Gasteiger partial charge in [0.15, 0.2) is 11.5 Å². The van der Waals surface area contributed by atoms with Crippen LogP contribution in [0.5, 0.6) is 11.5 Å². The molecule has 0 saturated heterocycles. The lowest BCUT2D eigenvalue weighted by Crippen LogP contribution is -2.22. The Morgan fingerprint density at radius 2 is 1.88 bits per heavy atom. The van der Waals surface area contributed by atoms with Crippen molar-refractivity contribution < 1.29 is 14.3 Å². The molecule has 2 aromatic rings. The van der Waals surface area contributed by atoms with Crippen molar-refractivity contribution in [1.29, 1.82) is 0 Å². The van der Waals surface area contributed by atoms with Crippen LogP contribution in [0, 0.1) is 6.92 Å². The van der Waals surface area contributed by atoms with Crippen molar-refractivity contribution in [3.8, 4) is 11.5 Å². The van der Waals surface area contributed by atoms with Gasteiger partial charge in [0.25, 0.3) is 0 Å². The first kappa shape index (κ1) is 16.3. The van der Waals surface area contributed by atoms with Gasteiger partial charge in [-0.05, 0) is 30.2 Å². The largest absolute Gasteiger partial charge is 0.486 e. The predicted octanol–water partition coefficient (Wildman–Crippen LogP) is 2.88. The van der Waals surface area contributed by atoms with E-state index in [0.717, 1.165) is 18.0 Å². The molecular weight excluding hydrogens is 304 g/mol. The number of hydrogen-bond acceptors (Lipinski definition) is 4. The van der Waals surface area contributed by atoms with E-state index in [2.05, 4.69) is 29.7 Å². The highest BCUT2D eigenvalue weighted by atomic mass is 16.6. The number of anilines is 1. The molecule has 2 N–H and O–H groups in total. The molecule has 1 heterocycles. The Morgan fingerprint density at radius 1 is 1.08 bits per heavy atom. The van der Waals surface area contributed by atoms with Gasteiger partial charge >= 0.3 is 0 Å². The number of ether oxygens (including phenoxy) is 2. The fourth-order valence-electron chi connectivity index (χ4n) is 2.58. The first-order valence-corrected chi connectivity index (χ1v) is 8.17. The quantitative estimate of drug-likeness (QED) is 0.802. The smallest absolute Gasteiger partial charge is 0.225 e. The highest BCUT2D eigenvalue weighted by molar-refractivity contribution is 5.91. The Kier molecular flexibility index (Phi) is 5.33. The normalized spacial score (nSPS) is 12.7. The summed E-state index contributed by atoms with van der Waals surface area (Å²) in [5.41, 5.74) is 3.23. The molecule has 0 saturated carbocycles. The highest BCUT2D eigenvalue weighted by Crippen LogP contribution is 2.32. The molecule has 3 rings (SSSR count). The van der Waals surface area contributed by atoms with Gasteiger partial charge in [-0.1, -0.05) is 24.3 Å². The number of aryl methyl sites for hydroxylation is 1. The molecule has 5 heteroatoms. The standard InChI is InChI=1S/C19H22N2O3/c1-14-4-2-3-5-15(14)13-20-9-8-19(22)21-16-6-7-17-18(12-16)24-11-10-23-17/h2-7,12,20H,8-11,13H2,1H3,(H,21,22). The lowest BCUT2D eigenvalue weighted by molar-refractivity contribution is -0.116. The average molecular weight is 326 g/mol. The van der Waals surface area contributed by atoms with Crippen molar-refractivity contribution >= 4 is 11.6 Å². The third kappa shape index (κ3) is 4.26. The summed E-state index contributed by atoms with van der Waals surface area (Å²) in [5.74, 6) is 1.37. The summed E-state index contributed by atoms with van der Waals surface area (Å²) in [6.45, 7) is 4.58. The molecule has 0 bridgehead atoms. The van der Waals surface area contributed by atoms with E-state index in [9.17, 15) is 4.79 Å². The molecule has 5 nitrogen and oxygen atoms in total. The molecule has 126 valence electrons. The maximum absolute atomic E-state index is 12.0. The molecule has 0 aliphatic carbocycles. The zero-order valence-electron chi connectivity index (χ0n) is 13.8. The molecular formula is C19H22N2O3. The molecule has 0 spiro atoms. The van der Waals surface area contributed by atoms with Gasteiger partial charge in [-0.15, -0.1) is 0 Å². The van der Waals surface area contributed by atoms with E-state index in [-0.39, 0.29) is 5.91 Å². The third-order valence-corrected chi connectivity index (χ3v) is 3.93. The van der Waals surface area contributed by atoms with Gasteiger partial charge in [-0.2, -0.15) is 0 Å². The Morgan fingerprint density at radius 3 is 2.71 bits per heavy atom. The summed E-state index contributed by atoms with van der Waals surface area (Å²) >= 11 is 0. The van der Waals surface area contributed by atoms with E-state index in [1.54, 1.807) is 6.07 Å². The van der Waals surface area contributed by atoms with E-state index >= 15 is 0 Å². The van der Waals surface area contributed by atoms with Crippen LogP contribution in [0.2, 0.25) is 0 Å². The van der Waals surface area contributed by atoms with Crippen molar-refractivity contribution in [2.24, 2.45) is 0 Å². The zero-order chi connectivity index (χ0) is 16.8. The Labute approximate surface area is 142 Å². The zero-order valence-corrected chi connectivity index (χ0v) is 13.8. The molecule has 1 aliphatic heterocycles. The van der Waals surface area contributed by atoms with Gasteiger partial charge in [-0.3, -0.25) is 4.79 Å². The second kappa shape index (κ2) is 7.84. The number of rotatable bonds is 6. The van der Waals surface area contributed by atoms with Gasteiger partial charge in [0, 0.05) is 31.3 Å². The van der Waals surface area contributed by atoms with Crippen molar-refractivity contribution in [1.82, 2.24) is 5.32 Å². The molecule has 0 fully saturated rings. The molecule has 1 amide bonds. The topological polar surface area (TPSA) is 59.6 Å². The number of amides is 1. The van der Waals surface area contributed by atoms with Gasteiger partial charge in [0.2, 0.25) is 5.91 Å². The maximum Gasteiger partial charge on any atom is 0.225 e. The van der Waals surface area contributed by atoms with E-state index in [1.165, 1.54) is 11.1 Å². The molecule has 0 atom stereocenters. The summed E-state index contributed by atoms with van der Waals surface area (Å²) in [7, 11) is 0. The molecule has 0 unspecified atom stereocenters. The van der Waals surface area contributed by atoms with Gasteiger partial charge in [0.1, 0.15) is 13.2 Å². The first-order chi connectivity index (χ1) is 11.7. The Balaban J connectivity index is 1.43. The van der Waals surface area contributed by atoms with Crippen LogP contribution in [0.15, 0.2) is 42.5 Å². The monoisotopic (exact) mass is 326 g/mol. The maximum atomic E-state index is 12.0. The van der Waals surface area contributed by atoms with E-state index in [4.69, 9.17) is 9.47 Å². The van der Waals surface area contributed by atoms with E-state index < -0.39 is 0 Å². The second-order valence-corrected chi connectivity index (χ2v) is 5.76. The summed E-state index contributed by atoms with van der Waals surface area (Å²) < 4.78 is 11.0. The van der Waals surface area contributed by atoms with Crippen molar-refractivity contribution in [3.63, 3.8) is 0 Å². The summed E-state index contributed by atoms with van der Waals surface area (Å²) in [6.07, 6.45) is 0.417. The van der Waals surface area contributed by atoms with Crippen LogP contribution in [0.1, 0.15) is 17.5 Å². The van der Waals surface area contributed by atoms with Gasteiger partial charge in [-0.25, -0.2) is 0 Å². The van der Waals surface area contributed by atoms with E-state index in [1.807, 2.05) is 24.3 Å². The number of carbonyl (C=O) groups excluding carboxylic acids is 1. The number of carbonyl (C=O) groups is 1. The molecule has 24 heavy (non-hydrogen) atoms. The minimum atomic E-state index is -0.0241. The number of hydrogen-bond donors (Lipinski definition) is 2. The summed E-state index contributed by atoms with van der Waals surface area (Å²) in [6, 6.07) is 13.7. The average Bonchev–Trinajstić information content (AvgIpc) is 2.60. The van der Waals surface area contributed by atoms with Crippen LogP contribution in [0.3, 0.4) is 0 Å². The number of fused-ring (bicyclic) bond motifs is 1. The van der Waals surface area contributed by atoms with Crippen LogP contribution < -0.4 is 20.1 Å². The number of benzene rings is 2. The number of nitrogens with one attached hydrogen (secondary N) is 2. The predicted molar refractivity (Wildman–Crippen MR) is 93.6 cm³/mol. The molecule has 1 aliphatic rings. The first-order valence-electron chi connectivity index (χ1n) is 8.17. The second-order valence-electron chi connectivity index (χ2n) is 5.76. The minimum absolute atomic E-state index is 0.0241. The fourth-order valence-corrected chi connectivity index (χ4v) is 2.58. The van der Waals surface area contributed by atoms with Crippen LogP contribution in [0.4, 0.5) is 5.69 Å². The van der Waals surface area contributed by atoms with Gasteiger partial charge in [0.05, 0.1) is 0 Å². The van der Waals surface area contributed by atoms with Crippen LogP contribution in [-0.4, -0.2) is 25.7 Å². The molecule has 2 aromatic carbocycles. The molecule has 0 radical (unpaired) electrons. The lowest BCUT2D eigenvalue weighted by atomic mass is 10.1. The van der Waals surface area contributed by atoms with Gasteiger partial charge < -0.3 is 20.1 Å². The van der Waals surface area contributed by atoms with Crippen LogP contribution in [0.25, 0.3) is 0 Å². The highest BCUT2D eigenvalue weighted by Gasteiger charge is 2.12. The van der Waals surface area contributed by atoms with Crippen molar-refractivity contribution in [2.75, 3.05) is 25.1 Å². The fraction of sp³-hybridized carbons (Fsp3) is 0.316. The third-order valence-electron chi connectivity index (χ3n) is 3.93. The van der Waals surface area contributed by atoms with Crippen molar-refractivity contribution in [3.05, 3.63) is 53.6 Å². The Bertz CT molecular complexity index is 716.